The van der Waals surface area contributed by atoms with Gasteiger partial charge in [-0.15, -0.1) is 0 Å². The number of hydrogen-bond donors (Lipinski definition) is 1. The molecule has 1 atom stereocenters. The molecule has 4 rings (SSSR count). The van der Waals surface area contributed by atoms with Gasteiger partial charge in [-0.1, -0.05) is 60.7 Å². The highest BCUT2D eigenvalue weighted by Crippen LogP contribution is 2.41. The molecule has 1 aliphatic rings. The number of phenols is 1. The summed E-state index contributed by atoms with van der Waals surface area (Å²) in [7, 11) is 0. The molecule has 116 valence electrons. The van der Waals surface area contributed by atoms with Crippen molar-refractivity contribution in [1.29, 1.82) is 0 Å². The molecule has 0 bridgehead atoms. The van der Waals surface area contributed by atoms with Crippen molar-refractivity contribution in [3.63, 3.8) is 0 Å². The fraction of sp³-hybridized carbons (Fsp3) is 0.238. The van der Waals surface area contributed by atoms with Gasteiger partial charge in [-0.3, -0.25) is 4.90 Å². The Hall–Kier alpha value is -2.32. The number of nitrogens with zero attached hydrogens (tertiary/aromatic N) is 1. The van der Waals surface area contributed by atoms with E-state index >= 15 is 0 Å². The highest BCUT2D eigenvalue weighted by molar-refractivity contribution is 5.88. The molecule has 1 aliphatic heterocycles. The predicted molar refractivity (Wildman–Crippen MR) is 94.4 cm³/mol. The van der Waals surface area contributed by atoms with Gasteiger partial charge >= 0.3 is 0 Å². The molecule has 1 heterocycles. The Morgan fingerprint density at radius 2 is 1.70 bits per heavy atom. The van der Waals surface area contributed by atoms with Crippen LogP contribution in [0, 0.1) is 0 Å². The first-order chi connectivity index (χ1) is 11.3. The first-order valence-electron chi connectivity index (χ1n) is 8.31. The second-order valence-electron chi connectivity index (χ2n) is 6.33. The van der Waals surface area contributed by atoms with E-state index in [1.807, 2.05) is 12.1 Å². The Morgan fingerprint density at radius 1 is 0.913 bits per heavy atom. The summed E-state index contributed by atoms with van der Waals surface area (Å²) in [5.74, 6) is 0.425. The zero-order chi connectivity index (χ0) is 15.6. The van der Waals surface area contributed by atoms with Crippen LogP contribution in [0.25, 0.3) is 10.8 Å². The van der Waals surface area contributed by atoms with Gasteiger partial charge in [0.05, 0.1) is 0 Å². The van der Waals surface area contributed by atoms with Crippen molar-refractivity contribution < 1.29 is 5.11 Å². The minimum Gasteiger partial charge on any atom is -0.508 e. The summed E-state index contributed by atoms with van der Waals surface area (Å²) in [6, 6.07) is 23.1. The van der Waals surface area contributed by atoms with Crippen LogP contribution in [0.2, 0.25) is 0 Å². The molecule has 2 heteroatoms. The van der Waals surface area contributed by atoms with Crippen LogP contribution in [0.1, 0.15) is 30.0 Å². The molecular formula is C21H21NO. The molecule has 1 unspecified atom stereocenters. The molecule has 3 aromatic rings. The molecule has 0 aliphatic carbocycles. The number of likely N-dealkylation sites (tertiary alicyclic amines) is 1. The van der Waals surface area contributed by atoms with Crippen LogP contribution in [0.5, 0.6) is 5.75 Å². The van der Waals surface area contributed by atoms with Crippen molar-refractivity contribution in [3.05, 3.63) is 77.9 Å². The second kappa shape index (κ2) is 6.05. The molecule has 0 amide bonds. The topological polar surface area (TPSA) is 23.5 Å². The first kappa shape index (κ1) is 14.3. The zero-order valence-electron chi connectivity index (χ0n) is 13.2. The van der Waals surface area contributed by atoms with Crippen molar-refractivity contribution in [2.75, 3.05) is 6.54 Å². The SMILES string of the molecule is Oc1ccc2ccccc2c1C1CCCN1Cc1ccccc1. The van der Waals surface area contributed by atoms with Gasteiger partial charge < -0.3 is 5.11 Å². The zero-order valence-corrected chi connectivity index (χ0v) is 13.2. The maximum absolute atomic E-state index is 10.5. The highest BCUT2D eigenvalue weighted by atomic mass is 16.3. The molecule has 1 N–H and O–H groups in total. The molecule has 2 nitrogen and oxygen atoms in total. The van der Waals surface area contributed by atoms with Crippen LogP contribution in [-0.2, 0) is 6.54 Å². The summed E-state index contributed by atoms with van der Waals surface area (Å²) in [6.45, 7) is 2.02. The summed E-state index contributed by atoms with van der Waals surface area (Å²) in [4.78, 5) is 2.50. The molecule has 23 heavy (non-hydrogen) atoms. The molecular weight excluding hydrogens is 282 g/mol. The van der Waals surface area contributed by atoms with Crippen LogP contribution < -0.4 is 0 Å². The van der Waals surface area contributed by atoms with Gasteiger partial charge in [0.25, 0.3) is 0 Å². The molecule has 0 spiro atoms. The van der Waals surface area contributed by atoms with Crippen LogP contribution in [0.3, 0.4) is 0 Å². The smallest absolute Gasteiger partial charge is 0.121 e. The van der Waals surface area contributed by atoms with E-state index in [1.54, 1.807) is 0 Å². The maximum atomic E-state index is 10.5. The fourth-order valence-electron chi connectivity index (χ4n) is 3.79. The normalized spacial score (nSPS) is 18.5. The Morgan fingerprint density at radius 3 is 2.57 bits per heavy atom. The van der Waals surface area contributed by atoms with E-state index in [9.17, 15) is 5.11 Å². The lowest BCUT2D eigenvalue weighted by Gasteiger charge is -2.26. The summed E-state index contributed by atoms with van der Waals surface area (Å²) in [5, 5.41) is 12.9. The second-order valence-corrected chi connectivity index (χ2v) is 6.33. The van der Waals surface area contributed by atoms with Crippen molar-refractivity contribution in [2.24, 2.45) is 0 Å². The van der Waals surface area contributed by atoms with Crippen LogP contribution in [-0.4, -0.2) is 16.6 Å². The quantitative estimate of drug-likeness (QED) is 0.745. The number of aromatic hydroxyl groups is 1. The number of hydrogen-bond acceptors (Lipinski definition) is 2. The van der Waals surface area contributed by atoms with Gasteiger partial charge in [0.15, 0.2) is 0 Å². The molecule has 0 aromatic heterocycles. The molecule has 0 saturated carbocycles. The van der Waals surface area contributed by atoms with E-state index in [0.717, 1.165) is 25.1 Å². The number of rotatable bonds is 3. The van der Waals surface area contributed by atoms with E-state index < -0.39 is 0 Å². The first-order valence-corrected chi connectivity index (χ1v) is 8.31. The predicted octanol–water partition coefficient (Wildman–Crippen LogP) is 4.88. The Balaban J connectivity index is 1.73. The fourth-order valence-corrected chi connectivity index (χ4v) is 3.79. The summed E-state index contributed by atoms with van der Waals surface area (Å²) in [6.07, 6.45) is 2.29. The molecule has 0 radical (unpaired) electrons. The van der Waals surface area contributed by atoms with E-state index in [4.69, 9.17) is 0 Å². The summed E-state index contributed by atoms with van der Waals surface area (Å²) >= 11 is 0. The van der Waals surface area contributed by atoms with Gasteiger partial charge in [0, 0.05) is 18.2 Å². The molecule has 1 saturated heterocycles. The average Bonchev–Trinajstić information content (AvgIpc) is 3.03. The van der Waals surface area contributed by atoms with Crippen LogP contribution in [0.15, 0.2) is 66.7 Å². The third kappa shape index (κ3) is 2.71. The highest BCUT2D eigenvalue weighted by Gasteiger charge is 2.29. The van der Waals surface area contributed by atoms with Crippen molar-refractivity contribution >= 4 is 10.8 Å². The largest absolute Gasteiger partial charge is 0.508 e. The van der Waals surface area contributed by atoms with E-state index in [1.165, 1.54) is 22.8 Å². The third-order valence-electron chi connectivity index (χ3n) is 4.87. The minimum absolute atomic E-state index is 0.293. The Labute approximate surface area is 137 Å². The van der Waals surface area contributed by atoms with Gasteiger partial charge in [0.2, 0.25) is 0 Å². The Bertz CT molecular complexity index is 812. The monoisotopic (exact) mass is 303 g/mol. The number of benzene rings is 3. The van der Waals surface area contributed by atoms with Gasteiger partial charge in [-0.2, -0.15) is 0 Å². The van der Waals surface area contributed by atoms with Gasteiger partial charge in [-0.25, -0.2) is 0 Å². The number of phenolic OH excluding ortho intramolecular Hbond substituents is 1. The average molecular weight is 303 g/mol. The van der Waals surface area contributed by atoms with E-state index in [-0.39, 0.29) is 0 Å². The maximum Gasteiger partial charge on any atom is 0.121 e. The third-order valence-corrected chi connectivity index (χ3v) is 4.87. The lowest BCUT2D eigenvalue weighted by atomic mass is 9.96. The summed E-state index contributed by atoms with van der Waals surface area (Å²) in [5.41, 5.74) is 2.43. The number of fused-ring (bicyclic) bond motifs is 1. The molecule has 3 aromatic carbocycles. The lowest BCUT2D eigenvalue weighted by Crippen LogP contribution is -2.23. The van der Waals surface area contributed by atoms with Crippen LogP contribution >= 0.6 is 0 Å². The van der Waals surface area contributed by atoms with Crippen molar-refractivity contribution in [1.82, 2.24) is 4.90 Å². The van der Waals surface area contributed by atoms with Crippen molar-refractivity contribution in [2.45, 2.75) is 25.4 Å². The van der Waals surface area contributed by atoms with E-state index in [2.05, 4.69) is 59.5 Å². The van der Waals surface area contributed by atoms with Gasteiger partial charge in [0.1, 0.15) is 5.75 Å². The standard InChI is InChI=1S/C21H21NO/c23-20-13-12-17-9-4-5-10-18(17)21(20)19-11-6-14-22(19)15-16-7-2-1-3-8-16/h1-5,7-10,12-13,19,23H,6,11,14-15H2. The lowest BCUT2D eigenvalue weighted by molar-refractivity contribution is 0.245. The summed E-state index contributed by atoms with van der Waals surface area (Å²) < 4.78 is 0. The van der Waals surface area contributed by atoms with E-state index in [0.29, 0.717) is 11.8 Å². The van der Waals surface area contributed by atoms with Crippen LogP contribution in [0.4, 0.5) is 0 Å². The van der Waals surface area contributed by atoms with Crippen molar-refractivity contribution in [3.8, 4) is 5.75 Å². The minimum atomic E-state index is 0.293. The Kier molecular flexibility index (Phi) is 3.76. The van der Waals surface area contributed by atoms with Gasteiger partial charge in [-0.05, 0) is 41.8 Å². The molecule has 1 fully saturated rings.